The molecule has 2 aliphatic rings. The van der Waals surface area contributed by atoms with Gasteiger partial charge < -0.3 is 20.3 Å². The number of carbonyl (C=O) groups excluding carboxylic acids is 1. The molecule has 6 nitrogen and oxygen atoms in total. The van der Waals surface area contributed by atoms with Gasteiger partial charge in [0.2, 0.25) is 11.8 Å². The Kier molecular flexibility index (Phi) is 5.12. The van der Waals surface area contributed by atoms with E-state index >= 15 is 0 Å². The third kappa shape index (κ3) is 4.45. The van der Waals surface area contributed by atoms with Crippen molar-refractivity contribution in [1.82, 2.24) is 10.3 Å². The summed E-state index contributed by atoms with van der Waals surface area (Å²) in [5.74, 6) is -0.0181. The Bertz CT molecular complexity index is 636. The largest absolute Gasteiger partial charge is 0.477 e. The number of alkyl halides is 3. The fourth-order valence-electron chi connectivity index (χ4n) is 3.18. The molecule has 0 radical (unpaired) electrons. The molecule has 1 unspecified atom stereocenters. The van der Waals surface area contributed by atoms with E-state index in [2.05, 4.69) is 10.3 Å². The van der Waals surface area contributed by atoms with Crippen LogP contribution in [0, 0.1) is 11.3 Å². The van der Waals surface area contributed by atoms with Crippen molar-refractivity contribution >= 4 is 5.91 Å². The molecular weight excluding hydrogens is 353 g/mol. The van der Waals surface area contributed by atoms with Crippen LogP contribution in [0.3, 0.4) is 0 Å². The average molecular weight is 374 g/mol. The zero-order valence-electron chi connectivity index (χ0n) is 14.0. The number of hydrogen-bond donors (Lipinski definition) is 3. The van der Waals surface area contributed by atoms with Crippen molar-refractivity contribution in [3.63, 3.8) is 0 Å². The fraction of sp³-hybridized carbons (Fsp3) is 0.647. The van der Waals surface area contributed by atoms with Crippen LogP contribution in [0.4, 0.5) is 13.2 Å². The number of rotatable bonds is 6. The second-order valence-corrected chi connectivity index (χ2v) is 7.21. The molecule has 9 heteroatoms. The molecule has 0 spiro atoms. The van der Waals surface area contributed by atoms with E-state index in [-0.39, 0.29) is 43.7 Å². The molecule has 0 aliphatic heterocycles. The Balaban J connectivity index is 1.63. The Labute approximate surface area is 148 Å². The highest BCUT2D eigenvalue weighted by atomic mass is 19.4. The monoisotopic (exact) mass is 374 g/mol. The molecule has 2 fully saturated rings. The Morgan fingerprint density at radius 2 is 1.92 bits per heavy atom. The maximum atomic E-state index is 12.6. The molecule has 1 aromatic heterocycles. The van der Waals surface area contributed by atoms with Crippen molar-refractivity contribution in [2.45, 2.75) is 44.1 Å². The molecule has 0 saturated heterocycles. The number of carbonyl (C=O) groups is 1. The predicted octanol–water partition coefficient (Wildman–Crippen LogP) is 1.51. The van der Waals surface area contributed by atoms with Gasteiger partial charge in [0.15, 0.2) is 0 Å². The highest BCUT2D eigenvalue weighted by molar-refractivity contribution is 5.80. The van der Waals surface area contributed by atoms with Gasteiger partial charge in [0.1, 0.15) is 0 Å². The first-order valence-corrected chi connectivity index (χ1v) is 8.48. The van der Waals surface area contributed by atoms with Gasteiger partial charge in [-0.3, -0.25) is 4.79 Å². The topological polar surface area (TPSA) is 91.7 Å². The number of aliphatic hydroxyl groups is 2. The molecule has 2 aliphatic carbocycles. The van der Waals surface area contributed by atoms with Crippen LogP contribution in [0.5, 0.6) is 5.88 Å². The van der Waals surface area contributed by atoms with E-state index in [0.717, 1.165) is 25.0 Å². The zero-order chi connectivity index (χ0) is 18.9. The molecule has 1 heterocycles. The molecule has 3 atom stereocenters. The van der Waals surface area contributed by atoms with Gasteiger partial charge in [-0.25, -0.2) is 4.98 Å². The van der Waals surface area contributed by atoms with Crippen LogP contribution in [0.2, 0.25) is 0 Å². The molecule has 1 aromatic rings. The van der Waals surface area contributed by atoms with Crippen LogP contribution in [0.25, 0.3) is 0 Å². The number of aliphatic hydroxyl groups excluding tert-OH is 2. The van der Waals surface area contributed by atoms with Crippen molar-refractivity contribution in [1.29, 1.82) is 0 Å². The number of amides is 1. The van der Waals surface area contributed by atoms with Crippen molar-refractivity contribution in [2.75, 3.05) is 13.2 Å². The first-order chi connectivity index (χ1) is 12.2. The van der Waals surface area contributed by atoms with E-state index in [9.17, 15) is 28.2 Å². The number of ether oxygens (including phenoxy) is 1. The number of hydrogen-bond acceptors (Lipinski definition) is 5. The maximum absolute atomic E-state index is 12.6. The summed E-state index contributed by atoms with van der Waals surface area (Å²) in [6, 6.07) is 2.00. The SMILES string of the molecule is O=C(NCC1(COc2ccc(C(F)(F)F)cn2)C[C@@H](O)[C@@H](O)C1)C1CC1. The van der Waals surface area contributed by atoms with Crippen LogP contribution in [-0.4, -0.2) is 46.5 Å². The molecule has 3 rings (SSSR count). The molecule has 144 valence electrons. The van der Waals surface area contributed by atoms with Crippen LogP contribution < -0.4 is 10.1 Å². The van der Waals surface area contributed by atoms with Gasteiger partial charge in [0, 0.05) is 30.1 Å². The van der Waals surface area contributed by atoms with Crippen molar-refractivity contribution < 1.29 is 32.9 Å². The van der Waals surface area contributed by atoms with E-state index in [1.807, 2.05) is 0 Å². The van der Waals surface area contributed by atoms with Gasteiger partial charge in [-0.1, -0.05) is 0 Å². The molecule has 26 heavy (non-hydrogen) atoms. The summed E-state index contributed by atoms with van der Waals surface area (Å²) >= 11 is 0. The standard InChI is InChI=1S/C17H21F3N2O4/c18-17(19,20)11-3-4-14(21-7-11)26-9-16(5-12(23)13(24)6-16)8-22-15(25)10-1-2-10/h3-4,7,10,12-13,23-24H,1-2,5-6,8-9H2,(H,22,25)/t12-,13+,16?. The van der Waals surface area contributed by atoms with Gasteiger partial charge >= 0.3 is 6.18 Å². The van der Waals surface area contributed by atoms with Crippen LogP contribution in [0.15, 0.2) is 18.3 Å². The molecule has 0 aromatic carbocycles. The van der Waals surface area contributed by atoms with E-state index in [1.54, 1.807) is 0 Å². The Morgan fingerprint density at radius 1 is 1.27 bits per heavy atom. The van der Waals surface area contributed by atoms with Crippen LogP contribution >= 0.6 is 0 Å². The predicted molar refractivity (Wildman–Crippen MR) is 84.1 cm³/mol. The van der Waals surface area contributed by atoms with E-state index in [0.29, 0.717) is 6.20 Å². The lowest BCUT2D eigenvalue weighted by Gasteiger charge is -2.29. The Hall–Kier alpha value is -1.87. The highest BCUT2D eigenvalue weighted by Crippen LogP contribution is 2.39. The summed E-state index contributed by atoms with van der Waals surface area (Å²) in [5, 5.41) is 22.6. The maximum Gasteiger partial charge on any atom is 0.417 e. The lowest BCUT2D eigenvalue weighted by atomic mass is 9.86. The first-order valence-electron chi connectivity index (χ1n) is 8.48. The van der Waals surface area contributed by atoms with Crippen LogP contribution in [-0.2, 0) is 11.0 Å². The second-order valence-electron chi connectivity index (χ2n) is 7.21. The number of nitrogens with one attached hydrogen (secondary N) is 1. The van der Waals surface area contributed by atoms with Crippen molar-refractivity contribution in [3.05, 3.63) is 23.9 Å². The number of aromatic nitrogens is 1. The van der Waals surface area contributed by atoms with Crippen LogP contribution in [0.1, 0.15) is 31.2 Å². The summed E-state index contributed by atoms with van der Waals surface area (Å²) in [5.41, 5.74) is -1.57. The summed E-state index contributed by atoms with van der Waals surface area (Å²) in [6.45, 7) is 0.238. The third-order valence-electron chi connectivity index (χ3n) is 4.90. The fourth-order valence-corrected chi connectivity index (χ4v) is 3.18. The minimum atomic E-state index is -4.47. The summed E-state index contributed by atoms with van der Waals surface area (Å²) in [4.78, 5) is 15.5. The van der Waals surface area contributed by atoms with E-state index in [1.165, 1.54) is 0 Å². The number of halogens is 3. The molecule has 2 saturated carbocycles. The average Bonchev–Trinajstić information content (AvgIpc) is 3.38. The summed E-state index contributed by atoms with van der Waals surface area (Å²) < 4.78 is 43.2. The molecule has 3 N–H and O–H groups in total. The highest BCUT2D eigenvalue weighted by Gasteiger charge is 2.45. The van der Waals surface area contributed by atoms with E-state index in [4.69, 9.17) is 4.74 Å². The van der Waals surface area contributed by atoms with Gasteiger partial charge in [0.25, 0.3) is 0 Å². The second kappa shape index (κ2) is 7.03. The van der Waals surface area contributed by atoms with Gasteiger partial charge in [-0.15, -0.1) is 0 Å². The van der Waals surface area contributed by atoms with Crippen molar-refractivity contribution in [3.8, 4) is 5.88 Å². The Morgan fingerprint density at radius 3 is 2.42 bits per heavy atom. The lowest BCUT2D eigenvalue weighted by molar-refractivity contribution is -0.137. The molecule has 1 amide bonds. The van der Waals surface area contributed by atoms with Gasteiger partial charge in [-0.2, -0.15) is 13.2 Å². The molecular formula is C17H21F3N2O4. The van der Waals surface area contributed by atoms with Gasteiger partial charge in [-0.05, 0) is 31.7 Å². The quantitative estimate of drug-likeness (QED) is 0.702. The van der Waals surface area contributed by atoms with Crippen molar-refractivity contribution in [2.24, 2.45) is 11.3 Å². The summed E-state index contributed by atoms with van der Waals surface area (Å²) in [7, 11) is 0. The zero-order valence-corrected chi connectivity index (χ0v) is 14.0. The van der Waals surface area contributed by atoms with Gasteiger partial charge in [0.05, 0.1) is 24.4 Å². The number of pyridine rings is 1. The lowest BCUT2D eigenvalue weighted by Crippen LogP contribution is -2.41. The minimum Gasteiger partial charge on any atom is -0.477 e. The summed E-state index contributed by atoms with van der Waals surface area (Å²) in [6.07, 6.45) is -3.49. The molecule has 0 bridgehead atoms. The normalized spacial score (nSPS) is 28.8. The first kappa shape index (κ1) is 18.9. The third-order valence-corrected chi connectivity index (χ3v) is 4.90. The minimum absolute atomic E-state index is 0.0155. The number of nitrogens with zero attached hydrogens (tertiary/aromatic N) is 1. The van der Waals surface area contributed by atoms with E-state index < -0.39 is 29.4 Å². The smallest absolute Gasteiger partial charge is 0.417 e.